The minimum absolute atomic E-state index is 0.368. The first-order chi connectivity index (χ1) is 10.7. The van der Waals surface area contributed by atoms with E-state index in [1.54, 1.807) is 0 Å². The van der Waals surface area contributed by atoms with Crippen molar-refractivity contribution in [3.63, 3.8) is 0 Å². The van der Waals surface area contributed by atoms with Gasteiger partial charge >= 0.3 is 5.97 Å². The Morgan fingerprint density at radius 2 is 1.55 bits per heavy atom. The van der Waals surface area contributed by atoms with E-state index in [1.807, 2.05) is 42.5 Å². The van der Waals surface area contributed by atoms with Crippen molar-refractivity contribution in [3.05, 3.63) is 60.2 Å². The summed E-state index contributed by atoms with van der Waals surface area (Å²) < 4.78 is 0. The third-order valence-corrected chi connectivity index (χ3v) is 4.76. The fraction of sp³-hybridized carbons (Fsp3) is 0.350. The highest BCUT2D eigenvalue weighted by Gasteiger charge is 2.26. The predicted molar refractivity (Wildman–Crippen MR) is 88.8 cm³/mol. The molecule has 0 saturated heterocycles. The lowest BCUT2D eigenvalue weighted by Gasteiger charge is -2.17. The molecule has 1 saturated carbocycles. The Kier molecular flexibility index (Phi) is 4.57. The molecule has 1 fully saturated rings. The Balaban J connectivity index is 1.78. The van der Waals surface area contributed by atoms with Crippen molar-refractivity contribution in [2.45, 2.75) is 38.0 Å². The molecule has 0 aliphatic heterocycles. The van der Waals surface area contributed by atoms with Gasteiger partial charge in [0.25, 0.3) is 0 Å². The molecule has 1 aliphatic carbocycles. The van der Waals surface area contributed by atoms with Crippen molar-refractivity contribution in [3.8, 4) is 11.1 Å². The molecule has 0 heterocycles. The van der Waals surface area contributed by atoms with Crippen LogP contribution in [0.25, 0.3) is 11.1 Å². The molecule has 22 heavy (non-hydrogen) atoms. The molecular weight excluding hydrogens is 272 g/mol. The van der Waals surface area contributed by atoms with Crippen LogP contribution in [0.3, 0.4) is 0 Å². The number of aliphatic carboxylic acids is 1. The Morgan fingerprint density at radius 1 is 0.955 bits per heavy atom. The molecule has 2 heteroatoms. The predicted octanol–water partition coefficient (Wildman–Crippen LogP) is 5.10. The summed E-state index contributed by atoms with van der Waals surface area (Å²) in [5.74, 6) is -0.484. The van der Waals surface area contributed by atoms with Crippen LogP contribution in [0.5, 0.6) is 0 Å². The molecule has 0 bridgehead atoms. The molecule has 1 aliphatic rings. The second kappa shape index (κ2) is 6.78. The summed E-state index contributed by atoms with van der Waals surface area (Å²) >= 11 is 0. The first-order valence-electron chi connectivity index (χ1n) is 8.12. The maximum atomic E-state index is 11.6. The van der Waals surface area contributed by atoms with Gasteiger partial charge < -0.3 is 5.11 Å². The van der Waals surface area contributed by atoms with Gasteiger partial charge in [0.1, 0.15) is 0 Å². The number of carboxylic acids is 1. The summed E-state index contributed by atoms with van der Waals surface area (Å²) in [4.78, 5) is 11.6. The molecular formula is C20H22O2. The summed E-state index contributed by atoms with van der Waals surface area (Å²) in [6.07, 6.45) is 5.66. The molecule has 0 unspecified atom stereocenters. The molecule has 3 rings (SSSR count). The van der Waals surface area contributed by atoms with Crippen molar-refractivity contribution < 1.29 is 9.90 Å². The van der Waals surface area contributed by atoms with Crippen LogP contribution in [-0.4, -0.2) is 11.1 Å². The second-order valence-electron chi connectivity index (χ2n) is 6.27. The van der Waals surface area contributed by atoms with Crippen LogP contribution in [0.1, 0.15) is 43.6 Å². The third-order valence-electron chi connectivity index (χ3n) is 4.76. The zero-order chi connectivity index (χ0) is 15.4. The minimum Gasteiger partial charge on any atom is -0.481 e. The highest BCUT2D eigenvalue weighted by atomic mass is 16.4. The molecule has 0 amide bonds. The Morgan fingerprint density at radius 3 is 2.14 bits per heavy atom. The van der Waals surface area contributed by atoms with Gasteiger partial charge in [-0.15, -0.1) is 0 Å². The molecule has 0 aromatic heterocycles. The Bertz CT molecular complexity index is 610. The number of benzene rings is 2. The van der Waals surface area contributed by atoms with Crippen molar-refractivity contribution >= 4 is 5.97 Å². The van der Waals surface area contributed by atoms with Crippen LogP contribution in [0.4, 0.5) is 0 Å². The topological polar surface area (TPSA) is 37.3 Å². The Hall–Kier alpha value is -2.09. The number of hydrogen-bond acceptors (Lipinski definition) is 1. The van der Waals surface area contributed by atoms with Gasteiger partial charge in [0.2, 0.25) is 0 Å². The number of hydrogen-bond donors (Lipinski definition) is 1. The van der Waals surface area contributed by atoms with Crippen LogP contribution in [0.15, 0.2) is 54.6 Å². The highest BCUT2D eigenvalue weighted by Crippen LogP contribution is 2.34. The summed E-state index contributed by atoms with van der Waals surface area (Å²) in [5.41, 5.74) is 3.23. The van der Waals surface area contributed by atoms with Crippen molar-refractivity contribution in [1.82, 2.24) is 0 Å². The second-order valence-corrected chi connectivity index (χ2v) is 6.27. The zero-order valence-electron chi connectivity index (χ0n) is 12.7. The van der Waals surface area contributed by atoms with Crippen molar-refractivity contribution in [1.29, 1.82) is 0 Å². The van der Waals surface area contributed by atoms with Gasteiger partial charge in [0.05, 0.1) is 5.92 Å². The SMILES string of the molecule is O=C(O)[C@H](CC1CCCC1)c1ccc(-c2ccccc2)cc1. The lowest BCUT2D eigenvalue weighted by Crippen LogP contribution is -2.15. The highest BCUT2D eigenvalue weighted by molar-refractivity contribution is 5.76. The first kappa shape index (κ1) is 14.8. The smallest absolute Gasteiger partial charge is 0.310 e. The van der Waals surface area contributed by atoms with Crippen LogP contribution in [0.2, 0.25) is 0 Å². The van der Waals surface area contributed by atoms with Crippen molar-refractivity contribution in [2.24, 2.45) is 5.92 Å². The van der Waals surface area contributed by atoms with E-state index in [0.717, 1.165) is 23.1 Å². The van der Waals surface area contributed by atoms with Crippen LogP contribution in [-0.2, 0) is 4.79 Å². The van der Waals surface area contributed by atoms with E-state index in [4.69, 9.17) is 0 Å². The largest absolute Gasteiger partial charge is 0.481 e. The lowest BCUT2D eigenvalue weighted by atomic mass is 9.87. The van der Waals surface area contributed by atoms with Crippen LogP contribution < -0.4 is 0 Å². The van der Waals surface area contributed by atoms with E-state index in [0.29, 0.717) is 5.92 Å². The van der Waals surface area contributed by atoms with Crippen molar-refractivity contribution in [2.75, 3.05) is 0 Å². The van der Waals surface area contributed by atoms with Gasteiger partial charge in [0, 0.05) is 0 Å². The molecule has 2 aromatic rings. The van der Waals surface area contributed by atoms with Gasteiger partial charge in [0.15, 0.2) is 0 Å². The van der Waals surface area contributed by atoms with E-state index in [2.05, 4.69) is 12.1 Å². The number of rotatable bonds is 5. The monoisotopic (exact) mass is 294 g/mol. The zero-order valence-corrected chi connectivity index (χ0v) is 12.7. The summed E-state index contributed by atoms with van der Waals surface area (Å²) in [7, 11) is 0. The summed E-state index contributed by atoms with van der Waals surface area (Å²) in [6, 6.07) is 18.2. The quantitative estimate of drug-likeness (QED) is 0.832. The van der Waals surface area contributed by atoms with Crippen LogP contribution >= 0.6 is 0 Å². The summed E-state index contributed by atoms with van der Waals surface area (Å²) in [5, 5.41) is 9.57. The van der Waals surface area contributed by atoms with E-state index in [9.17, 15) is 9.90 Å². The summed E-state index contributed by atoms with van der Waals surface area (Å²) in [6.45, 7) is 0. The van der Waals surface area contributed by atoms with Gasteiger partial charge in [-0.25, -0.2) is 0 Å². The number of carbonyl (C=O) groups is 1. The molecule has 1 atom stereocenters. The molecule has 2 aromatic carbocycles. The van der Waals surface area contributed by atoms with E-state index < -0.39 is 5.97 Å². The average Bonchev–Trinajstić information content (AvgIpc) is 3.07. The maximum Gasteiger partial charge on any atom is 0.310 e. The third kappa shape index (κ3) is 3.38. The molecule has 1 N–H and O–H groups in total. The fourth-order valence-electron chi connectivity index (χ4n) is 3.50. The average molecular weight is 294 g/mol. The molecule has 114 valence electrons. The minimum atomic E-state index is -0.695. The first-order valence-corrected chi connectivity index (χ1v) is 8.12. The van der Waals surface area contributed by atoms with Crippen LogP contribution in [0, 0.1) is 5.92 Å². The molecule has 0 spiro atoms. The standard InChI is InChI=1S/C20H22O2/c21-20(22)19(14-15-6-4-5-7-15)18-12-10-17(11-13-18)16-8-2-1-3-9-16/h1-3,8-13,15,19H,4-7,14H2,(H,21,22)/t19-/m1/s1. The van der Waals surface area contributed by atoms with E-state index >= 15 is 0 Å². The normalized spacial score (nSPS) is 16.5. The van der Waals surface area contributed by atoms with Gasteiger partial charge in [-0.3, -0.25) is 4.79 Å². The fourth-order valence-corrected chi connectivity index (χ4v) is 3.50. The molecule has 2 nitrogen and oxygen atoms in total. The maximum absolute atomic E-state index is 11.6. The lowest BCUT2D eigenvalue weighted by molar-refractivity contribution is -0.139. The van der Waals surface area contributed by atoms with E-state index in [-0.39, 0.29) is 5.92 Å². The Labute approximate surface area is 131 Å². The van der Waals surface area contributed by atoms with E-state index in [1.165, 1.54) is 25.7 Å². The van der Waals surface area contributed by atoms with Gasteiger partial charge in [-0.05, 0) is 29.0 Å². The van der Waals surface area contributed by atoms with Gasteiger partial charge in [-0.1, -0.05) is 80.3 Å². The van der Waals surface area contributed by atoms with Gasteiger partial charge in [-0.2, -0.15) is 0 Å². The number of carboxylic acid groups (broad SMARTS) is 1. The molecule has 0 radical (unpaired) electrons.